The predicted molar refractivity (Wildman–Crippen MR) is 76.8 cm³/mol. The highest BCUT2D eigenvalue weighted by Gasteiger charge is 2.08. The highest BCUT2D eigenvalue weighted by Crippen LogP contribution is 2.29. The first-order valence-corrected chi connectivity index (χ1v) is 6.69. The van der Waals surface area contributed by atoms with Gasteiger partial charge in [-0.05, 0) is 25.5 Å². The predicted octanol–water partition coefficient (Wildman–Crippen LogP) is 4.08. The van der Waals surface area contributed by atoms with Crippen LogP contribution in [0.25, 0.3) is 0 Å². The lowest BCUT2D eigenvalue weighted by Crippen LogP contribution is -2.15. The molecule has 3 nitrogen and oxygen atoms in total. The van der Waals surface area contributed by atoms with E-state index < -0.39 is 0 Å². The van der Waals surface area contributed by atoms with Crippen molar-refractivity contribution in [2.75, 3.05) is 19.5 Å². The van der Waals surface area contributed by atoms with Gasteiger partial charge in [0.1, 0.15) is 11.5 Å². The van der Waals surface area contributed by atoms with Crippen LogP contribution in [0.5, 0.6) is 11.5 Å². The zero-order valence-corrected chi connectivity index (χ0v) is 12.0. The standard InChI is InChI=1S/C15H25NO2/c1-5-6-7-8-12(2)16-14-11-13(17-3)9-10-15(14)18-4/h9-12,16H,5-8H2,1-4H3. The monoisotopic (exact) mass is 251 g/mol. The average Bonchev–Trinajstić information content (AvgIpc) is 2.39. The molecule has 1 aromatic rings. The lowest BCUT2D eigenvalue weighted by atomic mass is 10.1. The summed E-state index contributed by atoms with van der Waals surface area (Å²) in [5.41, 5.74) is 1.00. The van der Waals surface area contributed by atoms with E-state index in [9.17, 15) is 0 Å². The second-order valence-corrected chi connectivity index (χ2v) is 4.61. The van der Waals surface area contributed by atoms with Crippen molar-refractivity contribution in [1.29, 1.82) is 0 Å². The summed E-state index contributed by atoms with van der Waals surface area (Å²) in [6, 6.07) is 6.26. The molecule has 3 heteroatoms. The highest BCUT2D eigenvalue weighted by molar-refractivity contribution is 5.60. The van der Waals surface area contributed by atoms with Crippen LogP contribution in [-0.4, -0.2) is 20.3 Å². The molecular weight excluding hydrogens is 226 g/mol. The fourth-order valence-electron chi connectivity index (χ4n) is 1.97. The Balaban J connectivity index is 2.63. The Bertz CT molecular complexity index is 352. The van der Waals surface area contributed by atoms with E-state index in [1.807, 2.05) is 18.2 Å². The fraction of sp³-hybridized carbons (Fsp3) is 0.600. The quantitative estimate of drug-likeness (QED) is 0.706. The Morgan fingerprint density at radius 2 is 1.94 bits per heavy atom. The van der Waals surface area contributed by atoms with Crippen LogP contribution in [0, 0.1) is 0 Å². The largest absolute Gasteiger partial charge is 0.497 e. The van der Waals surface area contributed by atoms with Crippen LogP contribution in [0.3, 0.4) is 0 Å². The minimum Gasteiger partial charge on any atom is -0.497 e. The third kappa shape index (κ3) is 4.47. The van der Waals surface area contributed by atoms with Gasteiger partial charge in [0, 0.05) is 12.1 Å². The van der Waals surface area contributed by atoms with Crippen molar-refractivity contribution in [2.24, 2.45) is 0 Å². The molecule has 0 amide bonds. The summed E-state index contributed by atoms with van der Waals surface area (Å²) in [6.45, 7) is 4.43. The van der Waals surface area contributed by atoms with Gasteiger partial charge >= 0.3 is 0 Å². The summed E-state index contributed by atoms with van der Waals surface area (Å²) in [5, 5.41) is 3.49. The van der Waals surface area contributed by atoms with Crippen LogP contribution in [0.15, 0.2) is 18.2 Å². The fourth-order valence-corrected chi connectivity index (χ4v) is 1.97. The molecule has 0 bridgehead atoms. The van der Waals surface area contributed by atoms with E-state index in [0.717, 1.165) is 17.2 Å². The summed E-state index contributed by atoms with van der Waals surface area (Å²) in [6.07, 6.45) is 4.99. The maximum Gasteiger partial charge on any atom is 0.142 e. The first-order chi connectivity index (χ1) is 8.71. The van der Waals surface area contributed by atoms with Crippen molar-refractivity contribution >= 4 is 5.69 Å². The van der Waals surface area contributed by atoms with Gasteiger partial charge < -0.3 is 14.8 Å². The van der Waals surface area contributed by atoms with E-state index in [4.69, 9.17) is 9.47 Å². The summed E-state index contributed by atoms with van der Waals surface area (Å²) >= 11 is 0. The molecule has 1 rings (SSSR count). The normalized spacial score (nSPS) is 12.0. The number of hydrogen-bond donors (Lipinski definition) is 1. The van der Waals surface area contributed by atoms with Gasteiger partial charge in [-0.1, -0.05) is 26.2 Å². The molecule has 0 fully saturated rings. The molecule has 0 radical (unpaired) electrons. The number of unbranched alkanes of at least 4 members (excludes halogenated alkanes) is 2. The summed E-state index contributed by atoms with van der Waals surface area (Å²) in [7, 11) is 3.37. The van der Waals surface area contributed by atoms with E-state index in [0.29, 0.717) is 6.04 Å². The molecule has 18 heavy (non-hydrogen) atoms. The van der Waals surface area contributed by atoms with Crippen molar-refractivity contribution in [3.05, 3.63) is 18.2 Å². The minimum absolute atomic E-state index is 0.442. The molecule has 1 N–H and O–H groups in total. The zero-order valence-electron chi connectivity index (χ0n) is 12.0. The molecule has 0 heterocycles. The second-order valence-electron chi connectivity index (χ2n) is 4.61. The van der Waals surface area contributed by atoms with Gasteiger partial charge in [-0.15, -0.1) is 0 Å². The molecule has 0 spiro atoms. The number of anilines is 1. The Hall–Kier alpha value is -1.38. The molecule has 1 aromatic carbocycles. The molecule has 102 valence electrons. The molecular formula is C15H25NO2. The third-order valence-corrected chi connectivity index (χ3v) is 3.05. The van der Waals surface area contributed by atoms with Gasteiger partial charge in [0.15, 0.2) is 0 Å². The van der Waals surface area contributed by atoms with Crippen molar-refractivity contribution < 1.29 is 9.47 Å². The molecule has 0 saturated carbocycles. The minimum atomic E-state index is 0.442. The first-order valence-electron chi connectivity index (χ1n) is 6.69. The third-order valence-electron chi connectivity index (χ3n) is 3.05. The smallest absolute Gasteiger partial charge is 0.142 e. The van der Waals surface area contributed by atoms with Crippen molar-refractivity contribution in [2.45, 2.75) is 45.6 Å². The SMILES string of the molecule is CCCCCC(C)Nc1cc(OC)ccc1OC. The average molecular weight is 251 g/mol. The molecule has 0 aromatic heterocycles. The van der Waals surface area contributed by atoms with Gasteiger partial charge in [-0.3, -0.25) is 0 Å². The number of benzene rings is 1. The van der Waals surface area contributed by atoms with Crippen molar-refractivity contribution in [3.8, 4) is 11.5 Å². The molecule has 1 unspecified atom stereocenters. The van der Waals surface area contributed by atoms with E-state index in [-0.39, 0.29) is 0 Å². The number of rotatable bonds is 8. The van der Waals surface area contributed by atoms with Crippen LogP contribution in [0.2, 0.25) is 0 Å². The number of methoxy groups -OCH3 is 2. The molecule has 1 atom stereocenters. The van der Waals surface area contributed by atoms with Gasteiger partial charge in [-0.25, -0.2) is 0 Å². The molecule has 0 aliphatic heterocycles. The molecule has 0 aliphatic rings. The van der Waals surface area contributed by atoms with Crippen LogP contribution in [0.1, 0.15) is 39.5 Å². The van der Waals surface area contributed by atoms with Gasteiger partial charge in [0.2, 0.25) is 0 Å². The van der Waals surface area contributed by atoms with Gasteiger partial charge in [-0.2, -0.15) is 0 Å². The Morgan fingerprint density at radius 3 is 2.56 bits per heavy atom. The Morgan fingerprint density at radius 1 is 1.17 bits per heavy atom. The maximum absolute atomic E-state index is 5.35. The van der Waals surface area contributed by atoms with Crippen LogP contribution in [0.4, 0.5) is 5.69 Å². The lowest BCUT2D eigenvalue weighted by molar-refractivity contribution is 0.404. The topological polar surface area (TPSA) is 30.5 Å². The lowest BCUT2D eigenvalue weighted by Gasteiger charge is -2.18. The highest BCUT2D eigenvalue weighted by atomic mass is 16.5. The van der Waals surface area contributed by atoms with Gasteiger partial charge in [0.25, 0.3) is 0 Å². The van der Waals surface area contributed by atoms with E-state index in [1.165, 1.54) is 25.7 Å². The van der Waals surface area contributed by atoms with Crippen LogP contribution >= 0.6 is 0 Å². The number of ether oxygens (including phenoxy) is 2. The van der Waals surface area contributed by atoms with Crippen molar-refractivity contribution in [3.63, 3.8) is 0 Å². The zero-order chi connectivity index (χ0) is 13.4. The Kier molecular flexibility index (Phi) is 6.40. The van der Waals surface area contributed by atoms with Crippen molar-refractivity contribution in [1.82, 2.24) is 0 Å². The van der Waals surface area contributed by atoms with E-state index in [2.05, 4.69) is 19.2 Å². The van der Waals surface area contributed by atoms with Crippen LogP contribution < -0.4 is 14.8 Å². The summed E-state index contributed by atoms with van der Waals surface area (Å²) in [5.74, 6) is 1.71. The number of hydrogen-bond acceptors (Lipinski definition) is 3. The first kappa shape index (κ1) is 14.7. The Labute approximate surface area is 110 Å². The molecule has 0 saturated heterocycles. The molecule has 0 aliphatic carbocycles. The van der Waals surface area contributed by atoms with Gasteiger partial charge in [0.05, 0.1) is 19.9 Å². The summed E-state index contributed by atoms with van der Waals surface area (Å²) < 4.78 is 10.6. The second kappa shape index (κ2) is 7.85. The number of nitrogens with one attached hydrogen (secondary N) is 1. The maximum atomic E-state index is 5.35. The van der Waals surface area contributed by atoms with Crippen LogP contribution in [-0.2, 0) is 0 Å². The summed E-state index contributed by atoms with van der Waals surface area (Å²) in [4.78, 5) is 0. The van der Waals surface area contributed by atoms with E-state index in [1.54, 1.807) is 14.2 Å². The van der Waals surface area contributed by atoms with E-state index >= 15 is 0 Å².